The van der Waals surface area contributed by atoms with Crippen LogP contribution < -0.4 is 10.6 Å². The van der Waals surface area contributed by atoms with Gasteiger partial charge < -0.3 is 15.5 Å². The molecule has 0 aromatic heterocycles. The van der Waals surface area contributed by atoms with Crippen LogP contribution in [0.3, 0.4) is 0 Å². The van der Waals surface area contributed by atoms with Crippen molar-refractivity contribution in [2.75, 3.05) is 20.1 Å². The van der Waals surface area contributed by atoms with E-state index in [1.54, 1.807) is 0 Å². The summed E-state index contributed by atoms with van der Waals surface area (Å²) in [6.45, 7) is 8.62. The number of amides is 3. The molecular weight excluding hydrogens is 374 g/mol. The fourth-order valence-electron chi connectivity index (χ4n) is 7.84. The summed E-state index contributed by atoms with van der Waals surface area (Å²) in [6.07, 6.45) is 13.6. The van der Waals surface area contributed by atoms with E-state index < -0.39 is 0 Å². The van der Waals surface area contributed by atoms with E-state index in [0.29, 0.717) is 23.3 Å². The molecule has 0 aromatic carbocycles. The summed E-state index contributed by atoms with van der Waals surface area (Å²) in [5, 5.41) is 6.16. The number of urea groups is 1. The average molecular weight is 416 g/mol. The number of rotatable bonds is 5. The summed E-state index contributed by atoms with van der Waals surface area (Å²) in [4.78, 5) is 26.4. The minimum Gasteiger partial charge on any atom is -0.338 e. The van der Waals surface area contributed by atoms with Crippen molar-refractivity contribution in [1.29, 1.82) is 0 Å². The van der Waals surface area contributed by atoms with E-state index in [-0.39, 0.29) is 17.4 Å². The molecule has 30 heavy (non-hydrogen) atoms. The van der Waals surface area contributed by atoms with Crippen LogP contribution >= 0.6 is 0 Å². The smallest absolute Gasteiger partial charge is 0.314 e. The summed E-state index contributed by atoms with van der Waals surface area (Å²) in [6, 6.07) is 0.351. The van der Waals surface area contributed by atoms with Crippen LogP contribution in [0.15, 0.2) is 12.2 Å². The van der Waals surface area contributed by atoms with E-state index in [1.165, 1.54) is 32.1 Å². The molecule has 2 N–H and O–H groups in total. The second kappa shape index (κ2) is 8.20. The van der Waals surface area contributed by atoms with Gasteiger partial charge in [0.1, 0.15) is 0 Å². The largest absolute Gasteiger partial charge is 0.338 e. The van der Waals surface area contributed by atoms with Gasteiger partial charge in [0.2, 0.25) is 5.91 Å². The fraction of sp³-hybridized carbons (Fsp3) is 0.840. The maximum atomic E-state index is 12.2. The van der Waals surface area contributed by atoms with Crippen LogP contribution in [0.2, 0.25) is 0 Å². The Bertz CT molecular complexity index is 707. The Morgan fingerprint density at radius 2 is 1.93 bits per heavy atom. The fourth-order valence-corrected chi connectivity index (χ4v) is 7.84. The molecule has 7 atom stereocenters. The zero-order valence-corrected chi connectivity index (χ0v) is 19.4. The minimum atomic E-state index is -0.00254. The molecule has 4 aliphatic rings. The second-order valence-corrected chi connectivity index (χ2v) is 10.9. The van der Waals surface area contributed by atoms with E-state index in [1.807, 2.05) is 18.0 Å². The number of nitrogens with one attached hydrogen (secondary N) is 2. The Kier molecular flexibility index (Phi) is 5.93. The standard InChI is InChI=1S/C25H41N3O2/c1-5-6-15-26-23(30)27-16-17-7-9-19-18-8-10-21-25(3,14-12-22(29)28(21)4)20(18)11-13-24(17,19)2/h12,14,17-21H,5-11,13,15-16H2,1-4H3,(H2,26,27,30)/t17?,18-,19-,20+,21?,24+,25+/m0/s1. The van der Waals surface area contributed by atoms with Crippen molar-refractivity contribution in [3.05, 3.63) is 12.2 Å². The van der Waals surface area contributed by atoms with Crippen LogP contribution in [0.5, 0.6) is 0 Å². The minimum absolute atomic E-state index is 0.00254. The highest BCUT2D eigenvalue weighted by molar-refractivity contribution is 5.89. The van der Waals surface area contributed by atoms with E-state index >= 15 is 0 Å². The number of carbonyl (C=O) groups is 2. The van der Waals surface area contributed by atoms with Gasteiger partial charge in [0.05, 0.1) is 0 Å². The quantitative estimate of drug-likeness (QED) is 0.656. The Morgan fingerprint density at radius 3 is 2.70 bits per heavy atom. The predicted molar refractivity (Wildman–Crippen MR) is 120 cm³/mol. The lowest BCUT2D eigenvalue weighted by Crippen LogP contribution is -2.59. The second-order valence-electron chi connectivity index (χ2n) is 10.9. The van der Waals surface area contributed by atoms with Gasteiger partial charge in [-0.2, -0.15) is 0 Å². The van der Waals surface area contributed by atoms with Gasteiger partial charge in [0.25, 0.3) is 0 Å². The highest BCUT2D eigenvalue weighted by Crippen LogP contribution is 2.65. The van der Waals surface area contributed by atoms with Crippen LogP contribution in [-0.2, 0) is 4.79 Å². The number of nitrogens with zero attached hydrogens (tertiary/aromatic N) is 1. The van der Waals surface area contributed by atoms with Gasteiger partial charge in [-0.05, 0) is 80.1 Å². The molecule has 0 spiro atoms. The van der Waals surface area contributed by atoms with Crippen molar-refractivity contribution >= 4 is 11.9 Å². The first-order valence-corrected chi connectivity index (χ1v) is 12.3. The van der Waals surface area contributed by atoms with Crippen LogP contribution in [-0.4, -0.2) is 43.0 Å². The molecule has 4 rings (SSSR count). The van der Waals surface area contributed by atoms with Crippen molar-refractivity contribution in [3.63, 3.8) is 0 Å². The summed E-state index contributed by atoms with van der Waals surface area (Å²) >= 11 is 0. The van der Waals surface area contributed by atoms with E-state index in [4.69, 9.17) is 0 Å². The number of fused-ring (bicyclic) bond motifs is 5. The molecule has 168 valence electrons. The first kappa shape index (κ1) is 21.7. The zero-order chi connectivity index (χ0) is 21.5. The SMILES string of the molecule is CCCCNC(=O)NCC1CC[C@H]2[C@@H]3CCC4N(C)C(=O)C=C[C@]4(C)[C@@H]3CC[C@]12C. The average Bonchev–Trinajstić information content (AvgIpc) is 3.06. The molecular formula is C25H41N3O2. The number of likely N-dealkylation sites (N-methyl/N-ethyl adjacent to an activating group) is 1. The van der Waals surface area contributed by atoms with E-state index in [0.717, 1.165) is 44.2 Å². The molecule has 5 heteroatoms. The van der Waals surface area contributed by atoms with E-state index in [2.05, 4.69) is 37.5 Å². The molecule has 2 unspecified atom stereocenters. The third-order valence-corrected chi connectivity index (χ3v) is 9.65. The molecule has 0 bridgehead atoms. The Labute approximate surface area is 182 Å². The maximum Gasteiger partial charge on any atom is 0.314 e. The summed E-state index contributed by atoms with van der Waals surface area (Å²) in [7, 11) is 1.99. The highest BCUT2D eigenvalue weighted by atomic mass is 16.2. The van der Waals surface area contributed by atoms with Crippen LogP contribution in [0, 0.1) is 34.5 Å². The van der Waals surface area contributed by atoms with Crippen LogP contribution in [0.4, 0.5) is 4.79 Å². The molecule has 0 saturated heterocycles. The monoisotopic (exact) mass is 415 g/mol. The molecule has 0 aromatic rings. The van der Waals surface area contributed by atoms with Gasteiger partial charge in [0.15, 0.2) is 0 Å². The molecule has 3 amide bonds. The van der Waals surface area contributed by atoms with Crippen molar-refractivity contribution < 1.29 is 9.59 Å². The first-order valence-electron chi connectivity index (χ1n) is 12.3. The molecule has 3 saturated carbocycles. The third-order valence-electron chi connectivity index (χ3n) is 9.65. The lowest BCUT2D eigenvalue weighted by Gasteiger charge is -2.60. The van der Waals surface area contributed by atoms with Crippen LogP contribution in [0.25, 0.3) is 0 Å². The van der Waals surface area contributed by atoms with Gasteiger partial charge in [-0.1, -0.05) is 33.3 Å². The number of carbonyl (C=O) groups excluding carboxylic acids is 2. The zero-order valence-electron chi connectivity index (χ0n) is 19.4. The molecule has 0 radical (unpaired) electrons. The van der Waals surface area contributed by atoms with Crippen molar-refractivity contribution in [3.8, 4) is 0 Å². The van der Waals surface area contributed by atoms with Gasteiger partial charge >= 0.3 is 6.03 Å². The lowest BCUT2D eigenvalue weighted by molar-refractivity contribution is -0.138. The summed E-state index contributed by atoms with van der Waals surface area (Å²) in [5.74, 6) is 2.92. The normalized spacial score (nSPS) is 42.3. The number of hydrogen-bond donors (Lipinski definition) is 2. The Morgan fingerprint density at radius 1 is 1.13 bits per heavy atom. The van der Waals surface area contributed by atoms with Crippen molar-refractivity contribution in [1.82, 2.24) is 15.5 Å². The highest BCUT2D eigenvalue weighted by Gasteiger charge is 2.60. The van der Waals surface area contributed by atoms with Gasteiger partial charge in [0, 0.05) is 31.6 Å². The van der Waals surface area contributed by atoms with E-state index in [9.17, 15) is 9.59 Å². The predicted octanol–water partition coefficient (Wildman–Crippen LogP) is 4.34. The molecule has 1 heterocycles. The Balaban J connectivity index is 1.43. The van der Waals surface area contributed by atoms with Crippen molar-refractivity contribution in [2.24, 2.45) is 34.5 Å². The molecule has 1 aliphatic heterocycles. The van der Waals surface area contributed by atoms with Gasteiger partial charge in [-0.3, -0.25) is 4.79 Å². The van der Waals surface area contributed by atoms with Gasteiger partial charge in [-0.25, -0.2) is 4.79 Å². The first-order chi connectivity index (χ1) is 14.3. The lowest BCUT2D eigenvalue weighted by atomic mass is 9.47. The molecule has 3 fully saturated rings. The number of hydrogen-bond acceptors (Lipinski definition) is 2. The van der Waals surface area contributed by atoms with Crippen molar-refractivity contribution in [2.45, 2.75) is 78.2 Å². The van der Waals surface area contributed by atoms with Crippen LogP contribution in [0.1, 0.15) is 72.1 Å². The molecule has 3 aliphatic carbocycles. The Hall–Kier alpha value is -1.52. The third kappa shape index (κ3) is 3.46. The topological polar surface area (TPSA) is 61.4 Å². The number of unbranched alkanes of at least 4 members (excludes halogenated alkanes) is 1. The van der Waals surface area contributed by atoms with Gasteiger partial charge in [-0.15, -0.1) is 0 Å². The molecule has 5 nitrogen and oxygen atoms in total. The maximum absolute atomic E-state index is 12.2. The summed E-state index contributed by atoms with van der Waals surface area (Å²) < 4.78 is 0. The summed E-state index contributed by atoms with van der Waals surface area (Å²) in [5.41, 5.74) is 0.448.